The van der Waals surface area contributed by atoms with Crippen molar-refractivity contribution in [3.8, 4) is 0 Å². The summed E-state index contributed by atoms with van der Waals surface area (Å²) in [7, 11) is -3.47. The van der Waals surface area contributed by atoms with Gasteiger partial charge in [0, 0.05) is 18.8 Å². The standard InChI is InChI=1S/C22H29N3O5S2/c1-5-11-32(28,29)24-10-6-7-20(24)21(27)30-13-18-14-31-22(23-18)25(17(4)26)19-9-8-15(2)16(3)12-19/h8-9,12,14,20H,5-7,10-11,13H2,1-4H3. The number of ether oxygens (including phenoxy) is 1. The molecule has 0 radical (unpaired) electrons. The molecule has 10 heteroatoms. The fourth-order valence-corrected chi connectivity index (χ4v) is 6.29. The van der Waals surface area contributed by atoms with Gasteiger partial charge in [0.15, 0.2) is 5.13 Å². The average Bonchev–Trinajstić information content (AvgIpc) is 3.39. The van der Waals surface area contributed by atoms with Crippen LogP contribution in [-0.2, 0) is 31.0 Å². The number of carbonyl (C=O) groups is 2. The van der Waals surface area contributed by atoms with Gasteiger partial charge < -0.3 is 4.74 Å². The van der Waals surface area contributed by atoms with Gasteiger partial charge in [-0.15, -0.1) is 11.3 Å². The summed E-state index contributed by atoms with van der Waals surface area (Å²) in [5.74, 6) is -0.714. The van der Waals surface area contributed by atoms with E-state index >= 15 is 0 Å². The maximum Gasteiger partial charge on any atom is 0.324 e. The van der Waals surface area contributed by atoms with E-state index in [0.29, 0.717) is 36.6 Å². The monoisotopic (exact) mass is 479 g/mol. The van der Waals surface area contributed by atoms with Crippen LogP contribution in [0.25, 0.3) is 0 Å². The number of nitrogens with zero attached hydrogens (tertiary/aromatic N) is 3. The first-order valence-electron chi connectivity index (χ1n) is 10.6. The molecule has 0 saturated carbocycles. The van der Waals surface area contributed by atoms with Gasteiger partial charge in [-0.2, -0.15) is 4.31 Å². The number of esters is 1. The summed E-state index contributed by atoms with van der Waals surface area (Å²) in [4.78, 5) is 30.9. The van der Waals surface area contributed by atoms with E-state index in [1.807, 2.05) is 32.0 Å². The van der Waals surface area contributed by atoms with Crippen molar-refractivity contribution in [3.05, 3.63) is 40.4 Å². The minimum absolute atomic E-state index is 0.0194. The Kier molecular flexibility index (Phi) is 7.68. The van der Waals surface area contributed by atoms with Crippen LogP contribution in [0.5, 0.6) is 0 Å². The maximum absolute atomic E-state index is 12.6. The van der Waals surface area contributed by atoms with Gasteiger partial charge in [-0.1, -0.05) is 13.0 Å². The number of aromatic nitrogens is 1. The molecule has 1 aliphatic rings. The van der Waals surface area contributed by atoms with Crippen LogP contribution in [0.3, 0.4) is 0 Å². The summed E-state index contributed by atoms with van der Waals surface area (Å²) < 4.78 is 31.5. The molecule has 2 heterocycles. The van der Waals surface area contributed by atoms with Crippen LogP contribution in [-0.4, -0.2) is 47.9 Å². The van der Waals surface area contributed by atoms with Crippen molar-refractivity contribution in [1.82, 2.24) is 9.29 Å². The van der Waals surface area contributed by atoms with E-state index in [9.17, 15) is 18.0 Å². The Morgan fingerprint density at radius 2 is 2.03 bits per heavy atom. The molecule has 1 saturated heterocycles. The van der Waals surface area contributed by atoms with Crippen molar-refractivity contribution < 1.29 is 22.7 Å². The molecular weight excluding hydrogens is 450 g/mol. The lowest BCUT2D eigenvalue weighted by Gasteiger charge is -2.22. The highest BCUT2D eigenvalue weighted by Crippen LogP contribution is 2.30. The maximum atomic E-state index is 12.6. The van der Waals surface area contributed by atoms with Gasteiger partial charge in [-0.05, 0) is 56.4 Å². The van der Waals surface area contributed by atoms with Crippen molar-refractivity contribution in [2.45, 2.75) is 59.6 Å². The van der Waals surface area contributed by atoms with Crippen molar-refractivity contribution in [2.75, 3.05) is 17.2 Å². The number of sulfonamides is 1. The van der Waals surface area contributed by atoms with E-state index in [4.69, 9.17) is 4.74 Å². The lowest BCUT2D eigenvalue weighted by Crippen LogP contribution is -2.42. The van der Waals surface area contributed by atoms with E-state index in [1.165, 1.54) is 27.5 Å². The normalized spacial score (nSPS) is 16.8. The largest absolute Gasteiger partial charge is 0.458 e. The molecule has 1 fully saturated rings. The molecule has 2 aromatic rings. The van der Waals surface area contributed by atoms with E-state index in [2.05, 4.69) is 4.98 Å². The molecule has 1 aromatic carbocycles. The lowest BCUT2D eigenvalue weighted by molar-refractivity contribution is -0.148. The van der Waals surface area contributed by atoms with Gasteiger partial charge in [0.25, 0.3) is 0 Å². The van der Waals surface area contributed by atoms with Gasteiger partial charge in [-0.3, -0.25) is 14.5 Å². The SMILES string of the molecule is CCCS(=O)(=O)N1CCCC1C(=O)OCc1csc(N(C(C)=O)c2ccc(C)c(C)c2)n1. The van der Waals surface area contributed by atoms with E-state index in [1.54, 1.807) is 12.3 Å². The minimum atomic E-state index is -3.47. The van der Waals surface area contributed by atoms with Crippen LogP contribution < -0.4 is 4.90 Å². The molecule has 8 nitrogen and oxygen atoms in total. The number of hydrogen-bond donors (Lipinski definition) is 0. The smallest absolute Gasteiger partial charge is 0.324 e. The summed E-state index contributed by atoms with van der Waals surface area (Å²) in [6, 6.07) is 4.98. The summed E-state index contributed by atoms with van der Waals surface area (Å²) in [6.07, 6.45) is 1.58. The fraction of sp³-hybridized carbons (Fsp3) is 0.500. The Bertz CT molecular complexity index is 1100. The molecular formula is C22H29N3O5S2. The van der Waals surface area contributed by atoms with Crippen LogP contribution in [0.2, 0.25) is 0 Å². The average molecular weight is 480 g/mol. The Labute approximate surface area is 193 Å². The number of thiazole rings is 1. The zero-order valence-electron chi connectivity index (χ0n) is 18.8. The first-order valence-corrected chi connectivity index (χ1v) is 13.1. The zero-order chi connectivity index (χ0) is 23.5. The number of amides is 1. The Balaban J connectivity index is 1.70. The van der Waals surface area contributed by atoms with Gasteiger partial charge >= 0.3 is 5.97 Å². The van der Waals surface area contributed by atoms with Crippen LogP contribution in [0.4, 0.5) is 10.8 Å². The summed E-state index contributed by atoms with van der Waals surface area (Å²) in [5, 5.41) is 2.22. The van der Waals surface area contributed by atoms with Crippen LogP contribution in [0.1, 0.15) is 49.9 Å². The van der Waals surface area contributed by atoms with Gasteiger partial charge in [0.1, 0.15) is 12.6 Å². The van der Waals surface area contributed by atoms with Crippen molar-refractivity contribution in [2.24, 2.45) is 0 Å². The van der Waals surface area contributed by atoms with Gasteiger partial charge in [-0.25, -0.2) is 13.4 Å². The highest BCUT2D eigenvalue weighted by atomic mass is 32.2. The molecule has 3 rings (SSSR count). The summed E-state index contributed by atoms with van der Waals surface area (Å²) >= 11 is 1.28. The van der Waals surface area contributed by atoms with E-state index < -0.39 is 22.0 Å². The van der Waals surface area contributed by atoms with Crippen molar-refractivity contribution >= 4 is 44.1 Å². The van der Waals surface area contributed by atoms with Crippen molar-refractivity contribution in [1.29, 1.82) is 0 Å². The predicted molar refractivity (Wildman–Crippen MR) is 124 cm³/mol. The highest BCUT2D eigenvalue weighted by molar-refractivity contribution is 7.89. The second-order valence-electron chi connectivity index (χ2n) is 7.94. The molecule has 0 aliphatic carbocycles. The molecule has 32 heavy (non-hydrogen) atoms. The molecule has 1 aliphatic heterocycles. The van der Waals surface area contributed by atoms with E-state index in [-0.39, 0.29) is 18.3 Å². The Hall–Kier alpha value is -2.30. The van der Waals surface area contributed by atoms with Gasteiger partial charge in [0.2, 0.25) is 15.9 Å². The third-order valence-corrected chi connectivity index (χ3v) is 8.40. The topological polar surface area (TPSA) is 96.9 Å². The first kappa shape index (κ1) is 24.3. The number of benzene rings is 1. The van der Waals surface area contributed by atoms with E-state index in [0.717, 1.165) is 16.8 Å². The summed E-state index contributed by atoms with van der Waals surface area (Å²) in [6.45, 7) is 7.52. The Morgan fingerprint density at radius 3 is 2.69 bits per heavy atom. The summed E-state index contributed by atoms with van der Waals surface area (Å²) in [5.41, 5.74) is 3.43. The van der Waals surface area contributed by atoms with Crippen LogP contribution in [0.15, 0.2) is 23.6 Å². The molecule has 0 N–H and O–H groups in total. The predicted octanol–water partition coefficient (Wildman–Crippen LogP) is 3.69. The fourth-order valence-electron chi connectivity index (χ4n) is 3.68. The second kappa shape index (κ2) is 10.1. The number of aryl methyl sites for hydroxylation is 2. The molecule has 0 bridgehead atoms. The van der Waals surface area contributed by atoms with Crippen LogP contribution in [0, 0.1) is 13.8 Å². The molecule has 1 aromatic heterocycles. The zero-order valence-corrected chi connectivity index (χ0v) is 20.5. The molecule has 1 atom stereocenters. The van der Waals surface area contributed by atoms with Gasteiger partial charge in [0.05, 0.1) is 17.1 Å². The lowest BCUT2D eigenvalue weighted by atomic mass is 10.1. The molecule has 1 amide bonds. The number of anilines is 2. The van der Waals surface area contributed by atoms with Crippen LogP contribution >= 0.6 is 11.3 Å². The Morgan fingerprint density at radius 1 is 1.28 bits per heavy atom. The molecule has 0 spiro atoms. The number of hydrogen-bond acceptors (Lipinski definition) is 7. The number of carbonyl (C=O) groups excluding carboxylic acids is 2. The highest BCUT2D eigenvalue weighted by Gasteiger charge is 2.39. The number of rotatable bonds is 8. The van der Waals surface area contributed by atoms with Crippen molar-refractivity contribution in [3.63, 3.8) is 0 Å². The quantitative estimate of drug-likeness (QED) is 0.536. The molecule has 1 unspecified atom stereocenters. The molecule has 174 valence electrons. The minimum Gasteiger partial charge on any atom is -0.458 e. The first-order chi connectivity index (χ1) is 15.1. The second-order valence-corrected chi connectivity index (χ2v) is 10.8. The third-order valence-electron chi connectivity index (χ3n) is 5.45. The third kappa shape index (κ3) is 5.36.